The fourth-order valence-electron chi connectivity index (χ4n) is 2.56. The number of hydrogen-bond donors (Lipinski definition) is 2. The van der Waals surface area contributed by atoms with E-state index in [9.17, 15) is 14.0 Å². The quantitative estimate of drug-likeness (QED) is 0.812. The van der Waals surface area contributed by atoms with E-state index in [4.69, 9.17) is 4.74 Å². The van der Waals surface area contributed by atoms with Crippen molar-refractivity contribution < 1.29 is 18.7 Å². The van der Waals surface area contributed by atoms with Crippen LogP contribution < -0.4 is 15.4 Å². The van der Waals surface area contributed by atoms with E-state index in [0.717, 1.165) is 0 Å². The van der Waals surface area contributed by atoms with Crippen LogP contribution in [0.4, 0.5) is 14.9 Å². The van der Waals surface area contributed by atoms with Crippen LogP contribution in [0.5, 0.6) is 5.75 Å². The van der Waals surface area contributed by atoms with Crippen molar-refractivity contribution in [3.63, 3.8) is 0 Å². The van der Waals surface area contributed by atoms with Crippen LogP contribution in [0.3, 0.4) is 0 Å². The van der Waals surface area contributed by atoms with Crippen LogP contribution in [0, 0.1) is 5.82 Å². The zero-order chi connectivity index (χ0) is 20.0. The lowest BCUT2D eigenvalue weighted by atomic mass is 10.1. The van der Waals surface area contributed by atoms with Crippen molar-refractivity contribution in [1.29, 1.82) is 0 Å². The number of rotatable bonds is 6. The maximum atomic E-state index is 13.9. The van der Waals surface area contributed by atoms with Crippen molar-refractivity contribution in [1.82, 2.24) is 10.2 Å². The third-order valence-corrected chi connectivity index (χ3v) is 3.81. The molecule has 2 aromatic rings. The van der Waals surface area contributed by atoms with Crippen LogP contribution in [0.1, 0.15) is 29.8 Å². The Morgan fingerprint density at radius 2 is 1.89 bits per heavy atom. The Labute approximate surface area is 158 Å². The van der Waals surface area contributed by atoms with Gasteiger partial charge in [0.15, 0.2) is 11.6 Å². The summed E-state index contributed by atoms with van der Waals surface area (Å²) in [7, 11) is 3.02. The van der Waals surface area contributed by atoms with Crippen molar-refractivity contribution in [2.24, 2.45) is 0 Å². The van der Waals surface area contributed by atoms with Gasteiger partial charge in [0.1, 0.15) is 0 Å². The molecule has 0 fully saturated rings. The lowest BCUT2D eigenvalue weighted by Gasteiger charge is -2.20. The molecule has 144 valence electrons. The number of halogens is 1. The summed E-state index contributed by atoms with van der Waals surface area (Å²) in [6, 6.07) is 10.9. The standard InChI is InChI=1S/C20H24FN3O3/c1-13(2)22-20(26)23-17-8-6-5-7-15(17)19(25)24(3)12-14-9-10-18(27-4)16(21)11-14/h5-11,13H,12H2,1-4H3,(H2,22,23,26). The van der Waals surface area contributed by atoms with E-state index in [1.165, 1.54) is 24.1 Å². The molecule has 27 heavy (non-hydrogen) atoms. The summed E-state index contributed by atoms with van der Waals surface area (Å²) in [6.45, 7) is 3.91. The van der Waals surface area contributed by atoms with Gasteiger partial charge in [0.25, 0.3) is 5.91 Å². The molecule has 2 rings (SSSR count). The summed E-state index contributed by atoms with van der Waals surface area (Å²) < 4.78 is 18.8. The van der Waals surface area contributed by atoms with Gasteiger partial charge in [0, 0.05) is 19.6 Å². The van der Waals surface area contributed by atoms with Gasteiger partial charge in [-0.1, -0.05) is 18.2 Å². The first-order valence-corrected chi connectivity index (χ1v) is 8.56. The van der Waals surface area contributed by atoms with Gasteiger partial charge >= 0.3 is 6.03 Å². The Morgan fingerprint density at radius 1 is 1.19 bits per heavy atom. The number of benzene rings is 2. The Balaban J connectivity index is 2.14. The minimum Gasteiger partial charge on any atom is -0.494 e. The smallest absolute Gasteiger partial charge is 0.319 e. The van der Waals surface area contributed by atoms with Gasteiger partial charge in [-0.2, -0.15) is 0 Å². The lowest BCUT2D eigenvalue weighted by Crippen LogP contribution is -2.35. The number of methoxy groups -OCH3 is 1. The molecule has 0 aliphatic rings. The van der Waals surface area contributed by atoms with Gasteiger partial charge in [-0.15, -0.1) is 0 Å². The van der Waals surface area contributed by atoms with E-state index in [2.05, 4.69) is 10.6 Å². The topological polar surface area (TPSA) is 70.7 Å². The van der Waals surface area contributed by atoms with Crippen molar-refractivity contribution in [2.45, 2.75) is 26.4 Å². The molecule has 0 spiro atoms. The second-order valence-electron chi connectivity index (χ2n) is 6.43. The van der Waals surface area contributed by atoms with E-state index in [-0.39, 0.29) is 30.3 Å². The molecule has 0 aliphatic carbocycles. The van der Waals surface area contributed by atoms with Crippen LogP contribution in [0.25, 0.3) is 0 Å². The van der Waals surface area contributed by atoms with E-state index in [0.29, 0.717) is 16.8 Å². The van der Waals surface area contributed by atoms with Gasteiger partial charge < -0.3 is 20.3 Å². The number of hydrogen-bond acceptors (Lipinski definition) is 3. The van der Waals surface area contributed by atoms with Crippen molar-refractivity contribution in [2.75, 3.05) is 19.5 Å². The van der Waals surface area contributed by atoms with Gasteiger partial charge in [0.05, 0.1) is 18.4 Å². The van der Waals surface area contributed by atoms with Crippen molar-refractivity contribution in [3.05, 3.63) is 59.4 Å². The number of ether oxygens (including phenoxy) is 1. The van der Waals surface area contributed by atoms with Crippen LogP contribution in [0.15, 0.2) is 42.5 Å². The number of nitrogens with one attached hydrogen (secondary N) is 2. The number of anilines is 1. The Bertz CT molecular complexity index is 824. The van der Waals surface area contributed by atoms with Gasteiger partial charge in [-0.3, -0.25) is 4.79 Å². The predicted molar refractivity (Wildman–Crippen MR) is 102 cm³/mol. The van der Waals surface area contributed by atoms with Gasteiger partial charge in [0.2, 0.25) is 0 Å². The number of carbonyl (C=O) groups is 2. The maximum Gasteiger partial charge on any atom is 0.319 e. The van der Waals surface area contributed by atoms with Crippen LogP contribution in [-0.2, 0) is 6.54 Å². The summed E-state index contributed by atoms with van der Waals surface area (Å²) in [5.41, 5.74) is 1.40. The Morgan fingerprint density at radius 3 is 2.52 bits per heavy atom. The first-order valence-electron chi connectivity index (χ1n) is 8.56. The SMILES string of the molecule is COc1ccc(CN(C)C(=O)c2ccccc2NC(=O)NC(C)C)cc1F. The second kappa shape index (κ2) is 9.02. The van der Waals surface area contributed by atoms with E-state index < -0.39 is 5.82 Å². The third kappa shape index (κ3) is 5.44. The molecule has 6 nitrogen and oxygen atoms in total. The summed E-state index contributed by atoms with van der Waals surface area (Å²) >= 11 is 0. The van der Waals surface area contributed by atoms with Gasteiger partial charge in [-0.25, -0.2) is 9.18 Å². The molecular formula is C20H24FN3O3. The summed E-state index contributed by atoms with van der Waals surface area (Å²) in [6.07, 6.45) is 0. The fourth-order valence-corrected chi connectivity index (χ4v) is 2.56. The monoisotopic (exact) mass is 373 g/mol. The summed E-state index contributed by atoms with van der Waals surface area (Å²) in [4.78, 5) is 26.2. The Kier molecular flexibility index (Phi) is 6.76. The number of carbonyl (C=O) groups excluding carboxylic acids is 2. The highest BCUT2D eigenvalue weighted by atomic mass is 19.1. The Hall–Kier alpha value is -3.09. The molecular weight excluding hydrogens is 349 g/mol. The highest BCUT2D eigenvalue weighted by molar-refractivity contribution is 6.03. The molecule has 0 saturated heterocycles. The molecule has 3 amide bonds. The van der Waals surface area contributed by atoms with Crippen LogP contribution in [0.2, 0.25) is 0 Å². The third-order valence-electron chi connectivity index (χ3n) is 3.81. The average molecular weight is 373 g/mol. The molecule has 2 aromatic carbocycles. The molecule has 0 saturated carbocycles. The molecule has 0 heterocycles. The van der Waals surface area contributed by atoms with Gasteiger partial charge in [-0.05, 0) is 43.7 Å². The minimum absolute atomic E-state index is 0.0273. The largest absolute Gasteiger partial charge is 0.494 e. The summed E-state index contributed by atoms with van der Waals surface area (Å²) in [5.74, 6) is -0.617. The van der Waals surface area contributed by atoms with E-state index in [1.807, 2.05) is 13.8 Å². The van der Waals surface area contributed by atoms with E-state index >= 15 is 0 Å². The van der Waals surface area contributed by atoms with Crippen LogP contribution in [-0.4, -0.2) is 37.0 Å². The number of urea groups is 1. The maximum absolute atomic E-state index is 13.9. The first-order chi connectivity index (χ1) is 12.8. The predicted octanol–water partition coefficient (Wildman–Crippen LogP) is 3.64. The molecule has 0 radical (unpaired) electrons. The highest BCUT2D eigenvalue weighted by Crippen LogP contribution is 2.21. The highest BCUT2D eigenvalue weighted by Gasteiger charge is 2.18. The normalized spacial score (nSPS) is 10.4. The molecule has 0 bridgehead atoms. The summed E-state index contributed by atoms with van der Waals surface area (Å²) in [5, 5.41) is 5.41. The number of amides is 3. The molecule has 0 atom stereocenters. The zero-order valence-electron chi connectivity index (χ0n) is 15.9. The molecule has 0 unspecified atom stereocenters. The van der Waals surface area contributed by atoms with Crippen molar-refractivity contribution in [3.8, 4) is 5.75 Å². The molecule has 2 N–H and O–H groups in total. The van der Waals surface area contributed by atoms with Crippen molar-refractivity contribution >= 4 is 17.6 Å². The minimum atomic E-state index is -0.483. The number of para-hydroxylation sites is 1. The second-order valence-corrected chi connectivity index (χ2v) is 6.43. The molecule has 7 heteroatoms. The molecule has 0 aliphatic heterocycles. The fraction of sp³-hybridized carbons (Fsp3) is 0.300. The number of nitrogens with zero attached hydrogens (tertiary/aromatic N) is 1. The van der Waals surface area contributed by atoms with E-state index in [1.54, 1.807) is 37.4 Å². The zero-order valence-corrected chi connectivity index (χ0v) is 15.9. The lowest BCUT2D eigenvalue weighted by molar-refractivity contribution is 0.0786. The molecule has 0 aromatic heterocycles. The average Bonchev–Trinajstić information content (AvgIpc) is 2.61. The van der Waals surface area contributed by atoms with Crippen LogP contribution >= 0.6 is 0 Å². The first kappa shape index (κ1) is 20.2.